The molecule has 0 amide bonds. The predicted molar refractivity (Wildman–Crippen MR) is 129 cm³/mol. The molecule has 1 unspecified atom stereocenters. The van der Waals surface area contributed by atoms with Gasteiger partial charge in [0.2, 0.25) is 5.95 Å². The van der Waals surface area contributed by atoms with Gasteiger partial charge in [0, 0.05) is 5.70 Å². The number of nitrogens with one attached hydrogen (secondary N) is 1. The van der Waals surface area contributed by atoms with Gasteiger partial charge in [-0.15, -0.1) is 0 Å². The van der Waals surface area contributed by atoms with Crippen molar-refractivity contribution in [1.29, 1.82) is 0 Å². The molecule has 8 heteroatoms. The Labute approximate surface area is 199 Å². The van der Waals surface area contributed by atoms with Gasteiger partial charge in [0.05, 0.1) is 19.3 Å². The van der Waals surface area contributed by atoms with Crippen molar-refractivity contribution in [3.63, 3.8) is 0 Å². The normalized spacial score (nSPS) is 15.0. The lowest BCUT2D eigenvalue weighted by Crippen LogP contribution is -2.29. The third-order valence-electron chi connectivity index (χ3n) is 5.68. The number of ether oxygens (including phenoxy) is 3. The molecule has 0 bridgehead atoms. The number of methoxy groups -OCH3 is 1. The maximum atomic E-state index is 13.3. The molecule has 8 nitrogen and oxygen atoms in total. The Morgan fingerprint density at radius 3 is 2.68 bits per heavy atom. The maximum absolute atomic E-state index is 13.3. The van der Waals surface area contributed by atoms with Gasteiger partial charge >= 0.3 is 5.97 Å². The molecule has 3 aromatic rings. The van der Waals surface area contributed by atoms with E-state index in [4.69, 9.17) is 14.2 Å². The summed E-state index contributed by atoms with van der Waals surface area (Å²) in [6.45, 7) is 6.93. The van der Waals surface area contributed by atoms with E-state index in [2.05, 4.69) is 29.2 Å². The lowest BCUT2D eigenvalue weighted by molar-refractivity contribution is -0.140. The molecule has 1 aliphatic heterocycles. The van der Waals surface area contributed by atoms with Crippen LogP contribution in [0.3, 0.4) is 0 Å². The predicted octanol–water partition coefficient (Wildman–Crippen LogP) is 4.74. The van der Waals surface area contributed by atoms with Crippen LogP contribution in [0.4, 0.5) is 5.95 Å². The third kappa shape index (κ3) is 5.06. The molecule has 0 saturated heterocycles. The summed E-state index contributed by atoms with van der Waals surface area (Å²) in [6.07, 6.45) is 2.41. The number of fused-ring (bicyclic) bond motifs is 1. The first-order valence-electron chi connectivity index (χ1n) is 11.4. The number of aromatic nitrogens is 3. The number of benzene rings is 2. The van der Waals surface area contributed by atoms with Crippen LogP contribution in [0.15, 0.2) is 66.1 Å². The molecule has 1 aromatic heterocycles. The molecule has 178 valence electrons. The van der Waals surface area contributed by atoms with Gasteiger partial charge in [0.25, 0.3) is 0 Å². The molecule has 2 heterocycles. The van der Waals surface area contributed by atoms with Crippen molar-refractivity contribution in [3.05, 3.63) is 77.3 Å². The molecular formula is C26H30N4O4. The largest absolute Gasteiger partial charge is 0.493 e. The van der Waals surface area contributed by atoms with Crippen molar-refractivity contribution in [1.82, 2.24) is 14.8 Å². The van der Waals surface area contributed by atoms with E-state index in [1.807, 2.05) is 55.5 Å². The first kappa shape index (κ1) is 23.4. The minimum Gasteiger partial charge on any atom is -0.493 e. The van der Waals surface area contributed by atoms with Crippen molar-refractivity contribution in [3.8, 4) is 11.5 Å². The monoisotopic (exact) mass is 462 g/mol. The zero-order valence-electron chi connectivity index (χ0n) is 19.9. The molecule has 1 atom stereocenters. The Balaban J connectivity index is 1.64. The van der Waals surface area contributed by atoms with Crippen LogP contribution in [0.25, 0.3) is 0 Å². The van der Waals surface area contributed by atoms with Gasteiger partial charge in [0.1, 0.15) is 19.0 Å². The SMILES string of the molecule is COc1cc(C2C(C(=O)OCc3ccccc3)=C(C)Nc3ncnn32)ccc1OCCC(C)C. The molecule has 1 N–H and O–H groups in total. The van der Waals surface area contributed by atoms with E-state index in [0.717, 1.165) is 17.5 Å². The molecule has 4 rings (SSSR count). The van der Waals surface area contributed by atoms with Crippen LogP contribution < -0.4 is 14.8 Å². The summed E-state index contributed by atoms with van der Waals surface area (Å²) in [4.78, 5) is 17.6. The smallest absolute Gasteiger partial charge is 0.338 e. The van der Waals surface area contributed by atoms with E-state index in [-0.39, 0.29) is 6.61 Å². The zero-order chi connectivity index (χ0) is 24.1. The second-order valence-corrected chi connectivity index (χ2v) is 8.60. The summed E-state index contributed by atoms with van der Waals surface area (Å²) in [5.74, 6) is 1.93. The van der Waals surface area contributed by atoms with Gasteiger partial charge < -0.3 is 19.5 Å². The zero-order valence-corrected chi connectivity index (χ0v) is 19.9. The summed E-state index contributed by atoms with van der Waals surface area (Å²) in [7, 11) is 1.61. The number of allylic oxidation sites excluding steroid dienone is 1. The number of nitrogens with zero attached hydrogens (tertiary/aromatic N) is 3. The van der Waals surface area contributed by atoms with Gasteiger partial charge in [-0.2, -0.15) is 10.1 Å². The highest BCUT2D eigenvalue weighted by Gasteiger charge is 2.35. The second kappa shape index (κ2) is 10.4. The van der Waals surface area contributed by atoms with Gasteiger partial charge in [-0.05, 0) is 42.5 Å². The fourth-order valence-corrected chi connectivity index (χ4v) is 3.84. The Bertz CT molecular complexity index is 1170. The summed E-state index contributed by atoms with van der Waals surface area (Å²) >= 11 is 0. The molecule has 2 aromatic carbocycles. The van der Waals surface area contributed by atoms with E-state index in [1.54, 1.807) is 11.8 Å². The number of hydrogen-bond acceptors (Lipinski definition) is 7. The summed E-state index contributed by atoms with van der Waals surface area (Å²) in [6, 6.07) is 14.7. The van der Waals surface area contributed by atoms with Crippen LogP contribution in [-0.4, -0.2) is 34.5 Å². The summed E-state index contributed by atoms with van der Waals surface area (Å²) in [5, 5.41) is 7.54. The van der Waals surface area contributed by atoms with E-state index in [9.17, 15) is 4.79 Å². The van der Waals surface area contributed by atoms with E-state index in [0.29, 0.717) is 41.2 Å². The maximum Gasteiger partial charge on any atom is 0.338 e. The lowest BCUT2D eigenvalue weighted by atomic mass is 9.95. The van der Waals surface area contributed by atoms with Crippen LogP contribution in [0.1, 0.15) is 44.4 Å². The summed E-state index contributed by atoms with van der Waals surface area (Å²) < 4.78 is 18.9. The van der Waals surface area contributed by atoms with Gasteiger partial charge in [-0.25, -0.2) is 9.48 Å². The molecule has 1 aliphatic rings. The average molecular weight is 463 g/mol. The molecule has 0 radical (unpaired) electrons. The van der Waals surface area contributed by atoms with Crippen LogP contribution >= 0.6 is 0 Å². The molecule has 34 heavy (non-hydrogen) atoms. The highest BCUT2D eigenvalue weighted by Crippen LogP contribution is 2.39. The number of hydrogen-bond donors (Lipinski definition) is 1. The Hall–Kier alpha value is -3.81. The minimum atomic E-state index is -0.527. The number of anilines is 1. The molecular weight excluding hydrogens is 432 g/mol. The highest BCUT2D eigenvalue weighted by molar-refractivity contribution is 5.92. The Morgan fingerprint density at radius 1 is 1.15 bits per heavy atom. The molecule has 0 saturated carbocycles. The minimum absolute atomic E-state index is 0.180. The Kier molecular flexibility index (Phi) is 7.15. The van der Waals surface area contributed by atoms with Gasteiger partial charge in [-0.3, -0.25) is 0 Å². The van der Waals surface area contributed by atoms with Crippen molar-refractivity contribution < 1.29 is 19.0 Å². The van der Waals surface area contributed by atoms with Crippen molar-refractivity contribution in [2.45, 2.75) is 39.8 Å². The quantitative estimate of drug-likeness (QED) is 0.459. The first-order valence-corrected chi connectivity index (χ1v) is 11.4. The van der Waals surface area contributed by atoms with Gasteiger partial charge in [0.15, 0.2) is 11.5 Å². The van der Waals surface area contributed by atoms with Crippen LogP contribution in [-0.2, 0) is 16.1 Å². The summed E-state index contributed by atoms with van der Waals surface area (Å²) in [5.41, 5.74) is 2.86. The standard InChI is InChI=1S/C26H30N4O4/c1-17(2)12-13-33-21-11-10-20(14-22(21)32-4)24-23(18(3)29-26-27-16-28-30(24)26)25(31)34-15-19-8-6-5-7-9-19/h5-11,14,16-17,24H,12-13,15H2,1-4H3,(H,27,28,29). The molecule has 0 spiro atoms. The number of rotatable bonds is 9. The van der Waals surface area contributed by atoms with Crippen LogP contribution in [0.2, 0.25) is 0 Å². The number of carbonyl (C=O) groups excluding carboxylic acids is 1. The number of esters is 1. The fourth-order valence-electron chi connectivity index (χ4n) is 3.84. The van der Waals surface area contributed by atoms with Crippen LogP contribution in [0, 0.1) is 5.92 Å². The van der Waals surface area contributed by atoms with E-state index < -0.39 is 12.0 Å². The van der Waals surface area contributed by atoms with Gasteiger partial charge in [-0.1, -0.05) is 50.2 Å². The third-order valence-corrected chi connectivity index (χ3v) is 5.68. The topological polar surface area (TPSA) is 87.5 Å². The second-order valence-electron chi connectivity index (χ2n) is 8.60. The van der Waals surface area contributed by atoms with Crippen molar-refractivity contribution in [2.24, 2.45) is 5.92 Å². The van der Waals surface area contributed by atoms with Crippen molar-refractivity contribution >= 4 is 11.9 Å². The highest BCUT2D eigenvalue weighted by atomic mass is 16.5. The molecule has 0 aliphatic carbocycles. The van der Waals surface area contributed by atoms with E-state index >= 15 is 0 Å². The average Bonchev–Trinajstić information content (AvgIpc) is 3.30. The van der Waals surface area contributed by atoms with Crippen LogP contribution in [0.5, 0.6) is 11.5 Å². The molecule has 0 fully saturated rings. The Morgan fingerprint density at radius 2 is 1.94 bits per heavy atom. The number of carbonyl (C=O) groups is 1. The van der Waals surface area contributed by atoms with Crippen molar-refractivity contribution in [2.75, 3.05) is 19.0 Å². The lowest BCUT2D eigenvalue weighted by Gasteiger charge is -2.28. The van der Waals surface area contributed by atoms with E-state index in [1.165, 1.54) is 6.33 Å². The fraction of sp³-hybridized carbons (Fsp3) is 0.346. The first-order chi connectivity index (χ1) is 16.5.